The Labute approximate surface area is 170 Å². The van der Waals surface area contributed by atoms with Crippen molar-refractivity contribution in [2.45, 2.75) is 24.7 Å². The molecule has 2 aromatic carbocycles. The number of fused-ring (bicyclic) bond motifs is 1. The number of carbonyl (C=O) groups is 2. The molecule has 29 heavy (non-hydrogen) atoms. The molecule has 0 aliphatic heterocycles. The van der Waals surface area contributed by atoms with Gasteiger partial charge in [0.05, 0.1) is 24.0 Å². The van der Waals surface area contributed by atoms with Crippen molar-refractivity contribution in [3.8, 4) is 0 Å². The molecule has 0 saturated heterocycles. The second kappa shape index (κ2) is 7.83. The van der Waals surface area contributed by atoms with Crippen molar-refractivity contribution in [1.29, 1.82) is 0 Å². The number of benzene rings is 2. The number of esters is 2. The summed E-state index contributed by atoms with van der Waals surface area (Å²) < 4.78 is 37.2. The minimum absolute atomic E-state index is 0.0446. The molecule has 0 atom stereocenters. The van der Waals surface area contributed by atoms with Crippen LogP contribution in [0.4, 0.5) is 0 Å². The van der Waals surface area contributed by atoms with E-state index in [1.807, 2.05) is 0 Å². The van der Waals surface area contributed by atoms with Gasteiger partial charge < -0.3 is 9.47 Å². The van der Waals surface area contributed by atoms with Gasteiger partial charge in [0.25, 0.3) is 0 Å². The maximum Gasteiger partial charge on any atom is 0.327 e. The maximum absolute atomic E-state index is 13.7. The van der Waals surface area contributed by atoms with E-state index in [0.717, 1.165) is 5.56 Å². The van der Waals surface area contributed by atoms with Gasteiger partial charge in [0.2, 0.25) is 9.84 Å². The summed E-state index contributed by atoms with van der Waals surface area (Å²) in [6.45, 7) is 1.49. The standard InChI is InChI=1S/C22H22O6S/c1-15-19(29(25,26)17-10-5-4-6-11-17)18-12-8-7-9-16(18)13-14-22(15,20(23)27-2)21(24)28-3/h4-12H,13-14H2,1-3H3. The van der Waals surface area contributed by atoms with Crippen LogP contribution in [0.25, 0.3) is 4.91 Å². The van der Waals surface area contributed by atoms with Crippen molar-refractivity contribution in [2.75, 3.05) is 14.2 Å². The second-order valence-electron chi connectivity index (χ2n) is 6.82. The molecular formula is C22H22O6S. The maximum atomic E-state index is 13.7. The highest BCUT2D eigenvalue weighted by Crippen LogP contribution is 2.46. The molecule has 1 aliphatic carbocycles. The fraction of sp³-hybridized carbons (Fsp3) is 0.273. The van der Waals surface area contributed by atoms with Gasteiger partial charge in [-0.05, 0) is 48.6 Å². The zero-order chi connectivity index (χ0) is 21.2. The number of hydrogen-bond donors (Lipinski definition) is 0. The molecule has 0 aromatic heterocycles. The number of ether oxygens (including phenoxy) is 2. The molecule has 0 unspecified atom stereocenters. The lowest BCUT2D eigenvalue weighted by molar-refractivity contribution is -0.166. The molecule has 1 aliphatic rings. The van der Waals surface area contributed by atoms with E-state index in [9.17, 15) is 18.0 Å². The highest BCUT2D eigenvalue weighted by atomic mass is 32.2. The lowest BCUT2D eigenvalue weighted by Crippen LogP contribution is -2.43. The number of aryl methyl sites for hydroxylation is 1. The molecule has 152 valence electrons. The van der Waals surface area contributed by atoms with Gasteiger partial charge in [-0.15, -0.1) is 0 Å². The van der Waals surface area contributed by atoms with Gasteiger partial charge in [0, 0.05) is 0 Å². The molecular weight excluding hydrogens is 392 g/mol. The number of sulfone groups is 1. The van der Waals surface area contributed by atoms with Crippen molar-refractivity contribution in [2.24, 2.45) is 5.41 Å². The summed E-state index contributed by atoms with van der Waals surface area (Å²) in [4.78, 5) is 25.7. The zero-order valence-corrected chi connectivity index (χ0v) is 17.3. The van der Waals surface area contributed by atoms with Crippen LogP contribution >= 0.6 is 0 Å². The Kier molecular flexibility index (Phi) is 5.61. The minimum Gasteiger partial charge on any atom is -0.468 e. The van der Waals surface area contributed by atoms with Crippen molar-refractivity contribution in [3.63, 3.8) is 0 Å². The SMILES string of the molecule is COC(=O)C1(C(=O)OC)CCc2ccccc2C(S(=O)(=O)c2ccccc2)=C1C. The summed E-state index contributed by atoms with van der Waals surface area (Å²) in [7, 11) is -1.70. The smallest absolute Gasteiger partial charge is 0.327 e. The number of carbonyl (C=O) groups excluding carboxylic acids is 2. The first-order chi connectivity index (χ1) is 13.8. The lowest BCUT2D eigenvalue weighted by Gasteiger charge is -2.29. The average Bonchev–Trinajstić information content (AvgIpc) is 2.88. The van der Waals surface area contributed by atoms with Gasteiger partial charge in [-0.3, -0.25) is 9.59 Å². The minimum atomic E-state index is -4.04. The van der Waals surface area contributed by atoms with Crippen LogP contribution < -0.4 is 0 Å². The highest BCUT2D eigenvalue weighted by molar-refractivity contribution is 8.00. The van der Waals surface area contributed by atoms with Crippen LogP contribution in [0.2, 0.25) is 0 Å². The normalized spacial score (nSPS) is 15.8. The first-order valence-electron chi connectivity index (χ1n) is 9.07. The van der Waals surface area contributed by atoms with Crippen molar-refractivity contribution < 1.29 is 27.5 Å². The molecule has 0 spiro atoms. The third kappa shape index (κ3) is 3.25. The summed E-state index contributed by atoms with van der Waals surface area (Å²) in [5.41, 5.74) is -0.538. The van der Waals surface area contributed by atoms with Crippen LogP contribution in [-0.4, -0.2) is 34.6 Å². The molecule has 3 rings (SSSR count). The highest BCUT2D eigenvalue weighted by Gasteiger charge is 2.53. The van der Waals surface area contributed by atoms with Crippen molar-refractivity contribution in [1.82, 2.24) is 0 Å². The van der Waals surface area contributed by atoms with Gasteiger partial charge in [0.1, 0.15) is 0 Å². The van der Waals surface area contributed by atoms with Crippen molar-refractivity contribution in [3.05, 3.63) is 71.3 Å². The molecule has 0 saturated carbocycles. The van der Waals surface area contributed by atoms with Crippen LogP contribution in [0.15, 0.2) is 65.1 Å². The lowest BCUT2D eigenvalue weighted by atomic mass is 9.77. The van der Waals surface area contributed by atoms with Crippen LogP contribution in [0.1, 0.15) is 24.5 Å². The Morgan fingerprint density at radius 3 is 2.03 bits per heavy atom. The fourth-order valence-corrected chi connectivity index (χ4v) is 5.69. The molecule has 2 aromatic rings. The molecule has 0 radical (unpaired) electrons. The number of methoxy groups -OCH3 is 2. The summed E-state index contributed by atoms with van der Waals surface area (Å²) in [6, 6.07) is 15.0. The summed E-state index contributed by atoms with van der Waals surface area (Å²) in [6.07, 6.45) is 0.356. The summed E-state index contributed by atoms with van der Waals surface area (Å²) in [5.74, 6) is -1.68. The first-order valence-corrected chi connectivity index (χ1v) is 10.6. The predicted octanol–water partition coefficient (Wildman–Crippen LogP) is 3.17. The van der Waals surface area contributed by atoms with Gasteiger partial charge in [-0.2, -0.15) is 0 Å². The fourth-order valence-electron chi connectivity index (χ4n) is 3.87. The number of rotatable bonds is 4. The second-order valence-corrected chi connectivity index (χ2v) is 8.70. The monoisotopic (exact) mass is 414 g/mol. The van der Waals surface area contributed by atoms with Gasteiger partial charge in [-0.25, -0.2) is 8.42 Å². The third-order valence-electron chi connectivity index (χ3n) is 5.40. The Hall–Kier alpha value is -2.93. The molecule has 0 fully saturated rings. The third-order valence-corrected chi connectivity index (χ3v) is 7.36. The Balaban J connectivity index is 2.44. The molecule has 0 heterocycles. The molecule has 0 amide bonds. The van der Waals surface area contributed by atoms with Gasteiger partial charge in [0.15, 0.2) is 5.41 Å². The van der Waals surface area contributed by atoms with E-state index < -0.39 is 27.2 Å². The quantitative estimate of drug-likeness (QED) is 0.564. The predicted molar refractivity (Wildman–Crippen MR) is 107 cm³/mol. The van der Waals surface area contributed by atoms with Crippen LogP contribution in [-0.2, 0) is 35.3 Å². The van der Waals surface area contributed by atoms with E-state index in [1.54, 1.807) is 42.5 Å². The Morgan fingerprint density at radius 2 is 1.45 bits per heavy atom. The molecule has 0 N–H and O–H groups in total. The largest absolute Gasteiger partial charge is 0.468 e. The van der Waals surface area contributed by atoms with Crippen LogP contribution in [0, 0.1) is 5.41 Å². The van der Waals surface area contributed by atoms with Gasteiger partial charge >= 0.3 is 11.9 Å². The van der Waals surface area contributed by atoms with E-state index in [4.69, 9.17) is 9.47 Å². The van der Waals surface area contributed by atoms with E-state index in [-0.39, 0.29) is 21.8 Å². The Bertz CT molecular complexity index is 1070. The zero-order valence-electron chi connectivity index (χ0n) is 16.5. The summed E-state index contributed by atoms with van der Waals surface area (Å²) >= 11 is 0. The van der Waals surface area contributed by atoms with E-state index in [0.29, 0.717) is 12.0 Å². The van der Waals surface area contributed by atoms with Crippen molar-refractivity contribution >= 4 is 26.7 Å². The van der Waals surface area contributed by atoms with E-state index >= 15 is 0 Å². The van der Waals surface area contributed by atoms with E-state index in [2.05, 4.69) is 0 Å². The first kappa shape index (κ1) is 20.8. The number of hydrogen-bond acceptors (Lipinski definition) is 6. The average molecular weight is 414 g/mol. The van der Waals surface area contributed by atoms with Gasteiger partial charge in [-0.1, -0.05) is 42.5 Å². The Morgan fingerprint density at radius 1 is 0.897 bits per heavy atom. The molecule has 6 nitrogen and oxygen atoms in total. The summed E-state index contributed by atoms with van der Waals surface area (Å²) in [5, 5.41) is 0. The van der Waals surface area contributed by atoms with Crippen LogP contribution in [0.5, 0.6) is 0 Å². The molecule has 0 bridgehead atoms. The van der Waals surface area contributed by atoms with Crippen LogP contribution in [0.3, 0.4) is 0 Å². The molecule has 7 heteroatoms. The van der Waals surface area contributed by atoms with E-state index in [1.165, 1.54) is 33.3 Å². The topological polar surface area (TPSA) is 86.7 Å².